The van der Waals surface area contributed by atoms with Crippen LogP contribution in [0.1, 0.15) is 33.6 Å². The van der Waals surface area contributed by atoms with Crippen LogP contribution in [0.5, 0.6) is 0 Å². The van der Waals surface area contributed by atoms with E-state index in [0.29, 0.717) is 24.2 Å². The molecule has 20 heavy (non-hydrogen) atoms. The molecule has 0 radical (unpaired) electrons. The summed E-state index contributed by atoms with van der Waals surface area (Å²) in [5.41, 5.74) is 0.911. The number of carbonyl (C=O) groups is 2. The molecule has 2 rings (SSSR count). The summed E-state index contributed by atoms with van der Waals surface area (Å²) >= 11 is 0. The smallest absolute Gasteiger partial charge is 0.337 e. The molecule has 0 aliphatic carbocycles. The molecule has 5 heteroatoms. The van der Waals surface area contributed by atoms with E-state index in [1.54, 1.807) is 36.3 Å². The lowest BCUT2D eigenvalue weighted by Crippen LogP contribution is -2.40. The van der Waals surface area contributed by atoms with Crippen LogP contribution in [-0.4, -0.2) is 50.2 Å². The van der Waals surface area contributed by atoms with Crippen molar-refractivity contribution in [3.8, 4) is 0 Å². The predicted molar refractivity (Wildman–Crippen MR) is 73.7 cm³/mol. The van der Waals surface area contributed by atoms with Gasteiger partial charge in [0.25, 0.3) is 5.91 Å². The number of piperidine rings is 1. The minimum atomic E-state index is -0.433. The molecule has 1 heterocycles. The third kappa shape index (κ3) is 3.17. The van der Waals surface area contributed by atoms with Crippen molar-refractivity contribution in [2.75, 3.05) is 27.3 Å². The fourth-order valence-electron chi connectivity index (χ4n) is 2.37. The van der Waals surface area contributed by atoms with Crippen molar-refractivity contribution in [2.24, 2.45) is 0 Å². The topological polar surface area (TPSA) is 55.8 Å². The molecule has 1 aliphatic rings. The standard InChI is InChI=1S/C15H19NO4/c1-19-13-6-8-16(9-7-13)14(17)11-4-3-5-12(10-11)15(18)20-2/h3-5,10,13H,6-9H2,1-2H3. The Bertz CT molecular complexity index is 492. The summed E-state index contributed by atoms with van der Waals surface area (Å²) in [5.74, 6) is -0.483. The third-order valence-corrected chi connectivity index (χ3v) is 3.59. The Balaban J connectivity index is 2.08. The highest BCUT2D eigenvalue weighted by Gasteiger charge is 2.23. The van der Waals surface area contributed by atoms with E-state index in [4.69, 9.17) is 4.74 Å². The van der Waals surface area contributed by atoms with E-state index >= 15 is 0 Å². The fourth-order valence-corrected chi connectivity index (χ4v) is 2.37. The van der Waals surface area contributed by atoms with E-state index in [2.05, 4.69) is 4.74 Å². The molecule has 0 saturated carbocycles. The normalized spacial score (nSPS) is 16.0. The van der Waals surface area contributed by atoms with Gasteiger partial charge in [-0.1, -0.05) is 6.07 Å². The van der Waals surface area contributed by atoms with Crippen molar-refractivity contribution in [3.05, 3.63) is 35.4 Å². The lowest BCUT2D eigenvalue weighted by molar-refractivity contribution is 0.0351. The van der Waals surface area contributed by atoms with Crippen LogP contribution in [0.25, 0.3) is 0 Å². The summed E-state index contributed by atoms with van der Waals surface area (Å²) < 4.78 is 9.96. The van der Waals surface area contributed by atoms with Gasteiger partial charge in [-0.3, -0.25) is 4.79 Å². The summed E-state index contributed by atoms with van der Waals surface area (Å²) in [6.07, 6.45) is 1.93. The lowest BCUT2D eigenvalue weighted by atomic mass is 10.1. The number of rotatable bonds is 3. The van der Waals surface area contributed by atoms with E-state index < -0.39 is 5.97 Å². The fraction of sp³-hybridized carbons (Fsp3) is 0.467. The van der Waals surface area contributed by atoms with Gasteiger partial charge in [0.15, 0.2) is 0 Å². The monoisotopic (exact) mass is 277 g/mol. The van der Waals surface area contributed by atoms with E-state index in [1.165, 1.54) is 7.11 Å². The predicted octanol–water partition coefficient (Wildman–Crippen LogP) is 1.72. The van der Waals surface area contributed by atoms with Crippen LogP contribution in [0, 0.1) is 0 Å². The number of amides is 1. The first kappa shape index (κ1) is 14.5. The summed E-state index contributed by atoms with van der Waals surface area (Å²) in [4.78, 5) is 25.7. The Morgan fingerprint density at radius 2 is 1.80 bits per heavy atom. The summed E-state index contributed by atoms with van der Waals surface area (Å²) in [6, 6.07) is 6.63. The summed E-state index contributed by atoms with van der Waals surface area (Å²) in [7, 11) is 3.02. The number of nitrogens with zero attached hydrogens (tertiary/aromatic N) is 1. The van der Waals surface area contributed by atoms with Crippen LogP contribution in [0.3, 0.4) is 0 Å². The highest BCUT2D eigenvalue weighted by atomic mass is 16.5. The number of benzene rings is 1. The molecule has 108 valence electrons. The van der Waals surface area contributed by atoms with Gasteiger partial charge in [0.1, 0.15) is 0 Å². The van der Waals surface area contributed by atoms with Gasteiger partial charge >= 0.3 is 5.97 Å². The number of esters is 1. The quantitative estimate of drug-likeness (QED) is 0.789. The first-order chi connectivity index (χ1) is 9.65. The van der Waals surface area contributed by atoms with Gasteiger partial charge < -0.3 is 14.4 Å². The zero-order valence-electron chi connectivity index (χ0n) is 11.8. The first-order valence-electron chi connectivity index (χ1n) is 6.66. The van der Waals surface area contributed by atoms with Gasteiger partial charge in [0.2, 0.25) is 0 Å². The Labute approximate surface area is 118 Å². The number of methoxy groups -OCH3 is 2. The first-order valence-corrected chi connectivity index (χ1v) is 6.66. The number of likely N-dealkylation sites (tertiary alicyclic amines) is 1. The molecular weight excluding hydrogens is 258 g/mol. The molecular formula is C15H19NO4. The van der Waals surface area contributed by atoms with Crippen molar-refractivity contribution in [3.63, 3.8) is 0 Å². The third-order valence-electron chi connectivity index (χ3n) is 3.59. The lowest BCUT2D eigenvalue weighted by Gasteiger charge is -2.31. The van der Waals surface area contributed by atoms with E-state index in [1.807, 2.05) is 0 Å². The summed E-state index contributed by atoms with van der Waals surface area (Å²) in [6.45, 7) is 1.36. The van der Waals surface area contributed by atoms with Gasteiger partial charge in [0.05, 0.1) is 18.8 Å². The molecule has 0 aromatic heterocycles. The van der Waals surface area contributed by atoms with Crippen LogP contribution in [0.2, 0.25) is 0 Å². The minimum Gasteiger partial charge on any atom is -0.465 e. The van der Waals surface area contributed by atoms with Crippen molar-refractivity contribution >= 4 is 11.9 Å². The van der Waals surface area contributed by atoms with Crippen molar-refractivity contribution < 1.29 is 19.1 Å². The molecule has 1 saturated heterocycles. The van der Waals surface area contributed by atoms with Crippen molar-refractivity contribution in [1.29, 1.82) is 0 Å². The minimum absolute atomic E-state index is 0.0506. The molecule has 1 aromatic rings. The highest BCUT2D eigenvalue weighted by molar-refractivity contribution is 5.97. The van der Waals surface area contributed by atoms with Crippen LogP contribution in [0.15, 0.2) is 24.3 Å². The van der Waals surface area contributed by atoms with E-state index in [-0.39, 0.29) is 12.0 Å². The number of hydrogen-bond acceptors (Lipinski definition) is 4. The van der Waals surface area contributed by atoms with Gasteiger partial charge in [-0.05, 0) is 31.0 Å². The zero-order chi connectivity index (χ0) is 14.5. The molecule has 5 nitrogen and oxygen atoms in total. The highest BCUT2D eigenvalue weighted by Crippen LogP contribution is 2.16. The van der Waals surface area contributed by atoms with Gasteiger partial charge in [-0.2, -0.15) is 0 Å². The summed E-state index contributed by atoms with van der Waals surface area (Å²) in [5, 5.41) is 0. The molecule has 1 aromatic carbocycles. The Hall–Kier alpha value is -1.88. The van der Waals surface area contributed by atoms with Crippen LogP contribution < -0.4 is 0 Å². The molecule has 0 unspecified atom stereocenters. The van der Waals surface area contributed by atoms with Crippen LogP contribution in [-0.2, 0) is 9.47 Å². The number of carbonyl (C=O) groups excluding carboxylic acids is 2. The second-order valence-corrected chi connectivity index (χ2v) is 4.80. The zero-order valence-corrected chi connectivity index (χ0v) is 11.8. The average molecular weight is 277 g/mol. The molecule has 1 amide bonds. The maximum atomic E-state index is 12.4. The average Bonchev–Trinajstić information content (AvgIpc) is 2.53. The van der Waals surface area contributed by atoms with Gasteiger partial charge in [0, 0.05) is 25.8 Å². The Morgan fingerprint density at radius 1 is 1.15 bits per heavy atom. The molecule has 1 aliphatic heterocycles. The number of hydrogen-bond donors (Lipinski definition) is 0. The van der Waals surface area contributed by atoms with Crippen LogP contribution >= 0.6 is 0 Å². The molecule has 0 spiro atoms. The van der Waals surface area contributed by atoms with Crippen molar-refractivity contribution in [1.82, 2.24) is 4.90 Å². The second kappa shape index (κ2) is 6.52. The van der Waals surface area contributed by atoms with E-state index in [0.717, 1.165) is 12.8 Å². The number of ether oxygens (including phenoxy) is 2. The van der Waals surface area contributed by atoms with E-state index in [9.17, 15) is 9.59 Å². The molecule has 0 atom stereocenters. The Morgan fingerprint density at radius 3 is 2.40 bits per heavy atom. The largest absolute Gasteiger partial charge is 0.465 e. The van der Waals surface area contributed by atoms with Gasteiger partial charge in [-0.15, -0.1) is 0 Å². The molecule has 1 fully saturated rings. The maximum absolute atomic E-state index is 12.4. The maximum Gasteiger partial charge on any atom is 0.337 e. The molecule has 0 N–H and O–H groups in total. The van der Waals surface area contributed by atoms with Crippen LogP contribution in [0.4, 0.5) is 0 Å². The second-order valence-electron chi connectivity index (χ2n) is 4.80. The SMILES string of the molecule is COC(=O)c1cccc(C(=O)N2CCC(OC)CC2)c1. The van der Waals surface area contributed by atoms with Crippen molar-refractivity contribution in [2.45, 2.75) is 18.9 Å². The van der Waals surface area contributed by atoms with Gasteiger partial charge in [-0.25, -0.2) is 4.79 Å². The Kier molecular flexibility index (Phi) is 4.74. The molecule has 0 bridgehead atoms.